The second-order valence-electron chi connectivity index (χ2n) is 11.2. The van der Waals surface area contributed by atoms with E-state index in [1.54, 1.807) is 6.07 Å². The van der Waals surface area contributed by atoms with Crippen molar-refractivity contribution in [2.24, 2.45) is 9.98 Å². The summed E-state index contributed by atoms with van der Waals surface area (Å²) in [6.07, 6.45) is 3.14. The van der Waals surface area contributed by atoms with Crippen LogP contribution in [0, 0.1) is 0 Å². The molecule has 1 saturated heterocycles. The minimum Gasteiger partial charge on any atom is -0.861 e. The van der Waals surface area contributed by atoms with Gasteiger partial charge in [-0.1, -0.05) is 101 Å². The molecule has 6 rings (SSSR count). The monoisotopic (exact) mass is 691 g/mol. The van der Waals surface area contributed by atoms with Gasteiger partial charge in [0.2, 0.25) is 0 Å². The van der Waals surface area contributed by atoms with Gasteiger partial charge in [0, 0.05) is 34.1 Å². The Bertz CT molecular complexity index is 1660. The standard InChI is InChI=1S/C36H34BrN3O3.Ni/c37-27-19-17-25-18-20-28(30(25)22-27)34(36(42)43)39-33(26-12-5-2-6-13-26)29-14-7-8-15-31(29)38-35(41)32-16-9-21-40(32)23-24-10-3-1-4-11-24;/h1-8,10-15,17,19,22,28,32,34H,9,16,18,20-21,23H2,(H,38,41)(H,42,43);/q;+2/p-2/t28-,32+,34+;/m1./s1. The molecule has 6 nitrogen and oxygen atoms in total. The van der Waals surface area contributed by atoms with Crippen molar-refractivity contribution >= 4 is 39.2 Å². The van der Waals surface area contributed by atoms with E-state index in [9.17, 15) is 15.0 Å². The smallest absolute Gasteiger partial charge is 0.861 e. The van der Waals surface area contributed by atoms with Crippen LogP contribution in [0.2, 0.25) is 0 Å². The molecule has 44 heavy (non-hydrogen) atoms. The minimum atomic E-state index is -1.22. The summed E-state index contributed by atoms with van der Waals surface area (Å²) in [5, 5.41) is 26.4. The number of carboxylic acid groups (broad SMARTS) is 1. The van der Waals surface area contributed by atoms with Gasteiger partial charge in [-0.2, -0.15) is 0 Å². The molecule has 0 unspecified atom stereocenters. The molecule has 1 fully saturated rings. The van der Waals surface area contributed by atoms with Crippen LogP contribution < -0.4 is 10.2 Å². The fourth-order valence-corrected chi connectivity index (χ4v) is 6.73. The Morgan fingerprint density at radius 3 is 2.36 bits per heavy atom. The van der Waals surface area contributed by atoms with Gasteiger partial charge >= 0.3 is 16.5 Å². The summed E-state index contributed by atoms with van der Waals surface area (Å²) in [4.78, 5) is 24.4. The van der Waals surface area contributed by atoms with E-state index in [-0.39, 0.29) is 34.3 Å². The fourth-order valence-electron chi connectivity index (χ4n) is 6.35. The maximum absolute atomic E-state index is 13.7. The van der Waals surface area contributed by atoms with E-state index in [1.165, 1.54) is 0 Å². The number of fused-ring (bicyclic) bond motifs is 1. The number of aliphatic carboxylic acids is 1. The van der Waals surface area contributed by atoms with Crippen molar-refractivity contribution in [1.82, 2.24) is 4.90 Å². The molecule has 0 spiro atoms. The third-order valence-corrected chi connectivity index (χ3v) is 8.93. The molecule has 1 heterocycles. The number of carbonyl (C=O) groups is 1. The SMILES string of the molecule is O=C([O-])[C@@H](N=C(c1ccccc1)c1ccccc1N=C([O-])[C@@H]1CCCN1Cc1ccccc1)[C@@H]1CCc2ccc(Br)cc21.[Ni+2]. The number of aryl methyl sites for hydroxylation is 1. The Kier molecular flexibility index (Phi) is 10.5. The molecule has 2 aliphatic rings. The van der Waals surface area contributed by atoms with Crippen molar-refractivity contribution in [3.05, 3.63) is 135 Å². The molecule has 1 aliphatic heterocycles. The van der Waals surface area contributed by atoms with E-state index in [0.717, 1.165) is 52.5 Å². The van der Waals surface area contributed by atoms with Crippen molar-refractivity contribution in [3.63, 3.8) is 0 Å². The predicted octanol–water partition coefficient (Wildman–Crippen LogP) is 5.19. The molecule has 0 N–H and O–H groups in total. The van der Waals surface area contributed by atoms with Gasteiger partial charge < -0.3 is 15.0 Å². The number of aliphatic imine (C=N–C) groups is 2. The number of hydrogen-bond acceptors (Lipinski definition) is 6. The number of halogens is 1. The van der Waals surface area contributed by atoms with Crippen LogP contribution in [0.5, 0.6) is 0 Å². The minimum absolute atomic E-state index is 0. The number of benzene rings is 4. The number of rotatable bonds is 9. The maximum atomic E-state index is 13.7. The third-order valence-electron chi connectivity index (χ3n) is 8.44. The van der Waals surface area contributed by atoms with Crippen LogP contribution in [-0.2, 0) is 34.3 Å². The first-order valence-corrected chi connectivity index (χ1v) is 15.5. The van der Waals surface area contributed by atoms with Gasteiger partial charge in [0.25, 0.3) is 0 Å². The molecule has 226 valence electrons. The first-order valence-electron chi connectivity index (χ1n) is 14.7. The van der Waals surface area contributed by atoms with Crippen LogP contribution in [-0.4, -0.2) is 41.1 Å². The van der Waals surface area contributed by atoms with Gasteiger partial charge in [0.15, 0.2) is 0 Å². The largest absolute Gasteiger partial charge is 2.00 e. The molecule has 3 atom stereocenters. The molecule has 4 aromatic rings. The Labute approximate surface area is 276 Å². The van der Waals surface area contributed by atoms with E-state index >= 15 is 0 Å². The number of nitrogens with zero attached hydrogens (tertiary/aromatic N) is 3. The van der Waals surface area contributed by atoms with Crippen molar-refractivity contribution in [2.75, 3.05) is 6.54 Å². The zero-order chi connectivity index (χ0) is 29.8. The van der Waals surface area contributed by atoms with Gasteiger partial charge in [-0.3, -0.25) is 14.9 Å². The quantitative estimate of drug-likeness (QED) is 0.137. The zero-order valence-corrected chi connectivity index (χ0v) is 26.6. The van der Waals surface area contributed by atoms with Crippen LogP contribution in [0.15, 0.2) is 118 Å². The molecule has 0 radical (unpaired) electrons. The molecule has 1 aliphatic carbocycles. The van der Waals surface area contributed by atoms with E-state index in [0.29, 0.717) is 29.9 Å². The van der Waals surface area contributed by atoms with Gasteiger partial charge in [-0.05, 0) is 73.0 Å². The van der Waals surface area contributed by atoms with Crippen LogP contribution in [0.4, 0.5) is 5.69 Å². The van der Waals surface area contributed by atoms with Gasteiger partial charge in [0.1, 0.15) is 0 Å². The average molecular weight is 693 g/mol. The van der Waals surface area contributed by atoms with Crippen molar-refractivity contribution in [3.8, 4) is 0 Å². The number of carboxylic acids is 1. The average Bonchev–Trinajstić information content (AvgIpc) is 3.66. The first kappa shape index (κ1) is 31.8. The van der Waals surface area contributed by atoms with Crippen molar-refractivity contribution in [1.29, 1.82) is 0 Å². The normalized spacial score (nSPS) is 19.3. The maximum Gasteiger partial charge on any atom is 2.00 e. The topological polar surface area (TPSA) is 91.1 Å². The number of carbonyl (C=O) groups excluding carboxylic acids is 1. The zero-order valence-electron chi connectivity index (χ0n) is 24.1. The Hall–Kier alpha value is -3.58. The van der Waals surface area contributed by atoms with Gasteiger partial charge in [0.05, 0.1) is 23.4 Å². The number of likely N-dealkylation sites (tertiary alicyclic amines) is 1. The molecule has 8 heteroatoms. The van der Waals surface area contributed by atoms with Crippen molar-refractivity contribution < 1.29 is 31.5 Å². The molecule has 4 aromatic carbocycles. The van der Waals surface area contributed by atoms with Crippen molar-refractivity contribution in [2.45, 2.75) is 50.2 Å². The van der Waals surface area contributed by atoms with Crippen LogP contribution in [0.25, 0.3) is 0 Å². The Morgan fingerprint density at radius 1 is 0.909 bits per heavy atom. The summed E-state index contributed by atoms with van der Waals surface area (Å²) in [6.45, 7) is 1.53. The van der Waals surface area contributed by atoms with Gasteiger partial charge in [-0.25, -0.2) is 0 Å². The Morgan fingerprint density at radius 2 is 1.61 bits per heavy atom. The summed E-state index contributed by atoms with van der Waals surface area (Å²) in [6, 6.07) is 31.6. The number of para-hydroxylation sites is 1. The van der Waals surface area contributed by atoms with E-state index in [2.05, 4.69) is 38.0 Å². The molecular formula is C36H32BrN3NiO3. The molecule has 0 bridgehead atoms. The summed E-state index contributed by atoms with van der Waals surface area (Å²) < 4.78 is 0.901. The number of hydrogen-bond donors (Lipinski definition) is 0. The second kappa shape index (κ2) is 14.5. The molecule has 0 aromatic heterocycles. The molecular weight excluding hydrogens is 661 g/mol. The first-order chi connectivity index (χ1) is 21.0. The van der Waals surface area contributed by atoms with Crippen LogP contribution in [0.3, 0.4) is 0 Å². The van der Waals surface area contributed by atoms with Gasteiger partial charge in [-0.15, -0.1) is 0 Å². The summed E-state index contributed by atoms with van der Waals surface area (Å²) in [7, 11) is 0. The summed E-state index contributed by atoms with van der Waals surface area (Å²) in [5.41, 5.74) is 5.61. The predicted molar refractivity (Wildman–Crippen MR) is 169 cm³/mol. The summed E-state index contributed by atoms with van der Waals surface area (Å²) in [5.74, 6) is -1.74. The van der Waals surface area contributed by atoms with E-state index < -0.39 is 12.0 Å². The summed E-state index contributed by atoms with van der Waals surface area (Å²) >= 11 is 3.54. The third kappa shape index (κ3) is 7.04. The van der Waals surface area contributed by atoms with Crippen LogP contribution in [0.1, 0.15) is 53.0 Å². The Balaban J connectivity index is 0.00000384. The van der Waals surface area contributed by atoms with Crippen LogP contribution >= 0.6 is 15.9 Å². The van der Waals surface area contributed by atoms with E-state index in [1.807, 2.05) is 84.9 Å². The molecule has 0 amide bonds. The fraction of sp³-hybridized carbons (Fsp3) is 0.250. The molecule has 0 saturated carbocycles. The second-order valence-corrected chi connectivity index (χ2v) is 12.1. The van der Waals surface area contributed by atoms with E-state index in [4.69, 9.17) is 4.99 Å².